The number of nitrogens with one attached hydrogen (secondary N) is 2. The van der Waals surface area contributed by atoms with Crippen molar-refractivity contribution in [2.75, 3.05) is 7.05 Å². The second-order valence-electron chi connectivity index (χ2n) is 8.70. The van der Waals surface area contributed by atoms with Gasteiger partial charge in [0, 0.05) is 26.3 Å². The molecule has 1 aliphatic heterocycles. The third kappa shape index (κ3) is 6.75. The maximum Gasteiger partial charge on any atom is 0.413 e. The Morgan fingerprint density at radius 2 is 1.70 bits per heavy atom. The van der Waals surface area contributed by atoms with E-state index in [1.54, 1.807) is 30.3 Å². The molecule has 2 aromatic rings. The van der Waals surface area contributed by atoms with E-state index in [2.05, 4.69) is 10.6 Å². The van der Waals surface area contributed by atoms with Crippen molar-refractivity contribution in [3.63, 3.8) is 0 Å². The highest BCUT2D eigenvalue weighted by molar-refractivity contribution is 5.98. The molecule has 1 aliphatic rings. The van der Waals surface area contributed by atoms with Gasteiger partial charge in [0.15, 0.2) is 0 Å². The zero-order chi connectivity index (χ0) is 27.2. The lowest BCUT2D eigenvalue weighted by molar-refractivity contribution is -0.169. The number of benzene rings is 2. The number of carbonyl (C=O) groups is 5. The summed E-state index contributed by atoms with van der Waals surface area (Å²) >= 11 is 0. The first-order valence-electron chi connectivity index (χ1n) is 11.4. The highest BCUT2D eigenvalue weighted by Gasteiger charge is 2.54. The van der Waals surface area contributed by atoms with Crippen molar-refractivity contribution in [1.29, 1.82) is 0 Å². The molecule has 0 aromatic heterocycles. The molecule has 0 unspecified atom stereocenters. The molecule has 37 heavy (non-hydrogen) atoms. The Kier molecular flexibility index (Phi) is 8.33. The molecule has 0 spiro atoms. The Hall–Kier alpha value is -4.61. The summed E-state index contributed by atoms with van der Waals surface area (Å²) in [5.41, 5.74) is 4.93. The van der Waals surface area contributed by atoms with Crippen LogP contribution in [-0.2, 0) is 36.8 Å². The van der Waals surface area contributed by atoms with Crippen molar-refractivity contribution in [2.45, 2.75) is 43.5 Å². The zero-order valence-electron chi connectivity index (χ0n) is 20.0. The van der Waals surface area contributed by atoms with Gasteiger partial charge in [-0.3, -0.25) is 24.5 Å². The van der Waals surface area contributed by atoms with Gasteiger partial charge < -0.3 is 30.9 Å². The van der Waals surface area contributed by atoms with E-state index in [4.69, 9.17) is 10.5 Å². The minimum atomic E-state index is -1.84. The van der Waals surface area contributed by atoms with E-state index >= 15 is 0 Å². The molecule has 1 fully saturated rings. The van der Waals surface area contributed by atoms with Crippen molar-refractivity contribution >= 4 is 29.8 Å². The number of carboxylic acid groups (broad SMARTS) is 1. The molecule has 12 heteroatoms. The molecule has 2 aromatic carbocycles. The number of hydrogen-bond donors (Lipinski definition) is 5. The van der Waals surface area contributed by atoms with Gasteiger partial charge in [-0.05, 0) is 29.7 Å². The normalized spacial score (nSPS) is 17.8. The Morgan fingerprint density at radius 1 is 1.08 bits per heavy atom. The molecule has 12 nitrogen and oxygen atoms in total. The summed E-state index contributed by atoms with van der Waals surface area (Å²) in [6, 6.07) is 12.3. The van der Waals surface area contributed by atoms with Gasteiger partial charge in [0.1, 0.15) is 17.8 Å². The van der Waals surface area contributed by atoms with Crippen LogP contribution in [0.25, 0.3) is 0 Å². The molecule has 6 N–H and O–H groups in total. The van der Waals surface area contributed by atoms with Crippen LogP contribution >= 0.6 is 0 Å². The first-order valence-corrected chi connectivity index (χ1v) is 11.4. The lowest BCUT2D eigenvalue weighted by Gasteiger charge is -2.43. The molecule has 3 rings (SSSR count). The number of carboxylic acids is 1. The predicted molar refractivity (Wildman–Crippen MR) is 129 cm³/mol. The van der Waals surface area contributed by atoms with Gasteiger partial charge >= 0.3 is 12.1 Å². The van der Waals surface area contributed by atoms with E-state index in [0.717, 1.165) is 10.5 Å². The maximum absolute atomic E-state index is 13.5. The minimum Gasteiger partial charge on any atom is -0.508 e. The molecule has 0 radical (unpaired) electrons. The van der Waals surface area contributed by atoms with E-state index in [-0.39, 0.29) is 25.0 Å². The SMILES string of the molecule is CN(C(=O)[C@]1(Cc2ccc(O)cc2)NC(=O)O1)[C@@H](CCC(=O)O)C(=O)N[C@@H](Cc1ccccc1)C(N)=O. The Balaban J connectivity index is 1.81. The Labute approximate surface area is 212 Å². The molecule has 196 valence electrons. The standard InChI is InChI=1S/C25H28N4O8/c1-29(23(35)25(28-24(36)37-25)14-16-7-9-17(30)10-8-16)19(11-12-20(31)32)22(34)27-18(21(26)33)13-15-5-3-2-4-6-15/h2-10,18-19,30H,11-14H2,1H3,(H2,26,33)(H,27,34)(H,28,36)(H,31,32)/t18-,19-,25+/m0/s1. The molecule has 1 saturated heterocycles. The average Bonchev–Trinajstić information content (AvgIpc) is 2.83. The number of rotatable bonds is 12. The second-order valence-corrected chi connectivity index (χ2v) is 8.70. The fraction of sp³-hybridized carbons (Fsp3) is 0.320. The van der Waals surface area contributed by atoms with Crippen molar-refractivity contribution in [3.05, 3.63) is 65.7 Å². The van der Waals surface area contributed by atoms with Gasteiger partial charge in [-0.25, -0.2) is 4.79 Å². The van der Waals surface area contributed by atoms with E-state index in [0.29, 0.717) is 5.56 Å². The topological polar surface area (TPSA) is 188 Å². The Morgan fingerprint density at radius 3 is 2.24 bits per heavy atom. The summed E-state index contributed by atoms with van der Waals surface area (Å²) < 4.78 is 5.17. The van der Waals surface area contributed by atoms with Crippen LogP contribution < -0.4 is 16.4 Å². The van der Waals surface area contributed by atoms with Crippen LogP contribution in [0.3, 0.4) is 0 Å². The second kappa shape index (κ2) is 11.4. The van der Waals surface area contributed by atoms with Crippen molar-refractivity contribution in [1.82, 2.24) is 15.5 Å². The Bertz CT molecular complexity index is 1160. The third-order valence-electron chi connectivity index (χ3n) is 5.97. The number of carbonyl (C=O) groups excluding carboxylic acids is 4. The number of aliphatic carboxylic acids is 1. The van der Waals surface area contributed by atoms with E-state index in [1.807, 2.05) is 0 Å². The first kappa shape index (κ1) is 27.0. The zero-order valence-corrected chi connectivity index (χ0v) is 20.0. The minimum absolute atomic E-state index is 0.00437. The van der Waals surface area contributed by atoms with E-state index in [9.17, 15) is 34.2 Å². The lowest BCUT2D eigenvalue weighted by Crippen LogP contribution is -2.72. The summed E-state index contributed by atoms with van der Waals surface area (Å²) in [5.74, 6) is -3.58. The number of cyclic esters (lactones) is 1. The number of primary amides is 1. The highest BCUT2D eigenvalue weighted by Crippen LogP contribution is 2.27. The number of hydrogen-bond acceptors (Lipinski definition) is 7. The van der Waals surface area contributed by atoms with Crippen molar-refractivity contribution in [2.24, 2.45) is 5.73 Å². The summed E-state index contributed by atoms with van der Waals surface area (Å²) in [4.78, 5) is 62.7. The van der Waals surface area contributed by atoms with Crippen molar-refractivity contribution in [3.8, 4) is 5.75 Å². The van der Waals surface area contributed by atoms with Gasteiger partial charge in [0.05, 0.1) is 0 Å². The number of amides is 4. The number of nitrogens with zero attached hydrogens (tertiary/aromatic N) is 1. The molecular weight excluding hydrogens is 484 g/mol. The highest BCUT2D eigenvalue weighted by atomic mass is 16.6. The largest absolute Gasteiger partial charge is 0.508 e. The average molecular weight is 513 g/mol. The van der Waals surface area contributed by atoms with Gasteiger partial charge in [0.2, 0.25) is 11.8 Å². The quantitative estimate of drug-likeness (QED) is 0.268. The molecule has 0 saturated carbocycles. The maximum atomic E-state index is 13.5. The van der Waals surface area contributed by atoms with Crippen LogP contribution in [0.2, 0.25) is 0 Å². The van der Waals surface area contributed by atoms with Gasteiger partial charge in [-0.1, -0.05) is 42.5 Å². The molecule has 4 amide bonds. The molecule has 1 heterocycles. The van der Waals surface area contributed by atoms with Crippen LogP contribution in [0.4, 0.5) is 4.79 Å². The number of nitrogens with two attached hydrogens (primary N) is 1. The van der Waals surface area contributed by atoms with Crippen molar-refractivity contribution < 1.29 is 38.9 Å². The molecular formula is C25H28N4O8. The number of ether oxygens (including phenoxy) is 1. The number of likely N-dealkylation sites (N-methyl/N-ethyl adjacent to an activating group) is 1. The number of phenols is 1. The van der Waals surface area contributed by atoms with Crippen LogP contribution in [0.5, 0.6) is 5.75 Å². The number of phenolic OH excluding ortho intramolecular Hbond substituents is 1. The fourth-order valence-electron chi connectivity index (χ4n) is 4.01. The summed E-state index contributed by atoms with van der Waals surface area (Å²) in [6.07, 6.45) is -1.59. The summed E-state index contributed by atoms with van der Waals surface area (Å²) in [7, 11) is 1.28. The predicted octanol–water partition coefficient (Wildman–Crippen LogP) is 0.275. The molecule has 0 aliphatic carbocycles. The van der Waals surface area contributed by atoms with Gasteiger partial charge in [-0.2, -0.15) is 0 Å². The molecule has 3 atom stereocenters. The van der Waals surface area contributed by atoms with Gasteiger partial charge in [-0.15, -0.1) is 0 Å². The van der Waals surface area contributed by atoms with Crippen LogP contribution in [0, 0.1) is 0 Å². The lowest BCUT2D eigenvalue weighted by atomic mass is 9.97. The van der Waals surface area contributed by atoms with E-state index < -0.39 is 54.0 Å². The van der Waals surface area contributed by atoms with Crippen LogP contribution in [0.1, 0.15) is 24.0 Å². The third-order valence-corrected chi connectivity index (χ3v) is 5.97. The smallest absolute Gasteiger partial charge is 0.413 e. The fourth-order valence-corrected chi connectivity index (χ4v) is 4.01. The first-order chi connectivity index (χ1) is 17.5. The van der Waals surface area contributed by atoms with Crippen LogP contribution in [-0.4, -0.2) is 69.8 Å². The molecule has 0 bridgehead atoms. The summed E-state index contributed by atoms with van der Waals surface area (Å²) in [5, 5.41) is 23.6. The van der Waals surface area contributed by atoms with Gasteiger partial charge in [0.25, 0.3) is 11.6 Å². The monoisotopic (exact) mass is 512 g/mol. The van der Waals surface area contributed by atoms with Crippen LogP contribution in [0.15, 0.2) is 54.6 Å². The van der Waals surface area contributed by atoms with E-state index in [1.165, 1.54) is 31.3 Å². The summed E-state index contributed by atoms with van der Waals surface area (Å²) in [6.45, 7) is 0. The number of aromatic hydroxyl groups is 1.